The van der Waals surface area contributed by atoms with E-state index in [1.807, 2.05) is 0 Å². The number of nitrogens with one attached hydrogen (secondary N) is 1. The number of hydrogen-bond donors (Lipinski definition) is 1. The Morgan fingerprint density at radius 1 is 1.77 bits per heavy atom. The van der Waals surface area contributed by atoms with E-state index in [0.29, 0.717) is 11.7 Å². The summed E-state index contributed by atoms with van der Waals surface area (Å²) in [5, 5.41) is 6.70. The molecule has 0 atom stereocenters. The minimum absolute atomic E-state index is 0.0831. The van der Waals surface area contributed by atoms with E-state index in [2.05, 4.69) is 15.0 Å². The van der Waals surface area contributed by atoms with Gasteiger partial charge in [0.1, 0.15) is 6.26 Å². The third-order valence-electron chi connectivity index (χ3n) is 2.28. The third-order valence-corrected chi connectivity index (χ3v) is 2.28. The third kappa shape index (κ3) is 1.42. The predicted octanol–water partition coefficient (Wildman–Crippen LogP) is -0.282. The van der Waals surface area contributed by atoms with Gasteiger partial charge in [-0.3, -0.25) is 4.79 Å². The summed E-state index contributed by atoms with van der Waals surface area (Å²) >= 11 is 0. The molecule has 1 aromatic heterocycles. The molecule has 5 heteroatoms. The van der Waals surface area contributed by atoms with Crippen molar-refractivity contribution in [3.63, 3.8) is 0 Å². The Labute approximate surface area is 75.7 Å². The first-order valence-corrected chi connectivity index (χ1v) is 4.17. The number of nitrogens with zero attached hydrogens (tertiary/aromatic N) is 2. The topological polar surface area (TPSA) is 58.4 Å². The molecule has 1 aliphatic rings. The maximum Gasteiger partial charge on any atom is 0.276 e. The van der Waals surface area contributed by atoms with Gasteiger partial charge in [-0.1, -0.05) is 5.16 Å². The number of likely N-dealkylation sites (N-methyl/N-ethyl adjacent to an activating group) is 1. The van der Waals surface area contributed by atoms with E-state index in [9.17, 15) is 4.79 Å². The lowest BCUT2D eigenvalue weighted by molar-refractivity contribution is 0.0670. The highest BCUT2D eigenvalue weighted by Gasteiger charge is 2.26. The number of rotatable bonds is 2. The highest BCUT2D eigenvalue weighted by atomic mass is 16.5. The van der Waals surface area contributed by atoms with Crippen LogP contribution in [0.15, 0.2) is 16.9 Å². The van der Waals surface area contributed by atoms with Gasteiger partial charge in [-0.15, -0.1) is 0 Å². The second kappa shape index (κ2) is 3.18. The van der Waals surface area contributed by atoms with Gasteiger partial charge in [0.2, 0.25) is 0 Å². The maximum atomic E-state index is 11.6. The normalized spacial score (nSPS) is 16.7. The van der Waals surface area contributed by atoms with Crippen molar-refractivity contribution in [1.29, 1.82) is 0 Å². The number of aromatic nitrogens is 1. The Balaban J connectivity index is 2.04. The number of amides is 1. The van der Waals surface area contributed by atoms with E-state index < -0.39 is 0 Å². The molecular formula is C8H11N3O2. The van der Waals surface area contributed by atoms with E-state index in [4.69, 9.17) is 0 Å². The minimum Gasteiger partial charge on any atom is -0.364 e. The van der Waals surface area contributed by atoms with Crippen LogP contribution in [0, 0.1) is 0 Å². The van der Waals surface area contributed by atoms with Gasteiger partial charge < -0.3 is 14.7 Å². The van der Waals surface area contributed by atoms with Crippen molar-refractivity contribution in [3.05, 3.63) is 18.0 Å². The lowest BCUT2D eigenvalue weighted by atomic mass is 10.1. The minimum atomic E-state index is -0.0831. The quantitative estimate of drug-likeness (QED) is 0.681. The van der Waals surface area contributed by atoms with E-state index in [-0.39, 0.29) is 5.91 Å². The molecule has 0 saturated carbocycles. The van der Waals surface area contributed by atoms with Crippen LogP contribution in [0.3, 0.4) is 0 Å². The zero-order chi connectivity index (χ0) is 9.26. The van der Waals surface area contributed by atoms with Crippen molar-refractivity contribution in [1.82, 2.24) is 15.4 Å². The molecule has 1 fully saturated rings. The van der Waals surface area contributed by atoms with Gasteiger partial charge in [-0.2, -0.15) is 0 Å². The van der Waals surface area contributed by atoms with E-state index in [1.54, 1.807) is 18.0 Å². The van der Waals surface area contributed by atoms with Crippen LogP contribution >= 0.6 is 0 Å². The molecule has 13 heavy (non-hydrogen) atoms. The smallest absolute Gasteiger partial charge is 0.276 e. The Bertz CT molecular complexity index is 292. The summed E-state index contributed by atoms with van der Waals surface area (Å²) in [5.74, 6) is -0.0831. The Morgan fingerprint density at radius 3 is 3.00 bits per heavy atom. The second-order valence-electron chi connectivity index (χ2n) is 3.11. The van der Waals surface area contributed by atoms with E-state index >= 15 is 0 Å². The zero-order valence-electron chi connectivity index (χ0n) is 7.36. The first-order valence-electron chi connectivity index (χ1n) is 4.17. The van der Waals surface area contributed by atoms with Crippen LogP contribution in [0.25, 0.3) is 0 Å². The highest BCUT2D eigenvalue weighted by molar-refractivity contribution is 5.92. The lowest BCUT2D eigenvalue weighted by Crippen LogP contribution is -2.57. The second-order valence-corrected chi connectivity index (χ2v) is 3.11. The fraction of sp³-hybridized carbons (Fsp3) is 0.500. The molecular weight excluding hydrogens is 170 g/mol. The summed E-state index contributed by atoms with van der Waals surface area (Å²) < 4.78 is 4.60. The molecule has 1 aromatic rings. The SMILES string of the molecule is CN(C(=O)c1ccon1)C1CNC1. The Hall–Kier alpha value is -1.36. The molecule has 0 aromatic carbocycles. The summed E-state index contributed by atoms with van der Waals surface area (Å²) in [6.45, 7) is 1.72. The summed E-state index contributed by atoms with van der Waals surface area (Å²) in [6, 6.07) is 1.87. The van der Waals surface area contributed by atoms with Crippen molar-refractivity contribution in [2.75, 3.05) is 20.1 Å². The van der Waals surface area contributed by atoms with Gasteiger partial charge in [0.15, 0.2) is 5.69 Å². The Morgan fingerprint density at radius 2 is 2.54 bits per heavy atom. The lowest BCUT2D eigenvalue weighted by Gasteiger charge is -2.35. The van der Waals surface area contributed by atoms with Gasteiger partial charge >= 0.3 is 0 Å². The molecule has 0 bridgehead atoms. The van der Waals surface area contributed by atoms with Gasteiger partial charge in [0.25, 0.3) is 5.91 Å². The van der Waals surface area contributed by atoms with Crippen molar-refractivity contribution in [2.24, 2.45) is 0 Å². The average Bonchev–Trinajstić information content (AvgIpc) is 2.51. The average molecular weight is 181 g/mol. The van der Waals surface area contributed by atoms with Crippen molar-refractivity contribution >= 4 is 5.91 Å². The standard InChI is InChI=1S/C8H11N3O2/c1-11(6-4-9-5-6)8(12)7-2-3-13-10-7/h2-3,6,9H,4-5H2,1H3. The predicted molar refractivity (Wildman–Crippen MR) is 45.3 cm³/mol. The van der Waals surface area contributed by atoms with Crippen LogP contribution in [-0.2, 0) is 0 Å². The fourth-order valence-corrected chi connectivity index (χ4v) is 1.22. The zero-order valence-corrected chi connectivity index (χ0v) is 7.36. The van der Waals surface area contributed by atoms with E-state index in [0.717, 1.165) is 13.1 Å². The number of hydrogen-bond acceptors (Lipinski definition) is 4. The monoisotopic (exact) mass is 181 g/mol. The maximum absolute atomic E-state index is 11.6. The Kier molecular flexibility index (Phi) is 2.02. The molecule has 70 valence electrons. The largest absolute Gasteiger partial charge is 0.364 e. The van der Waals surface area contributed by atoms with Gasteiger partial charge in [0.05, 0.1) is 6.04 Å². The van der Waals surface area contributed by atoms with Crippen LogP contribution < -0.4 is 5.32 Å². The molecule has 1 aliphatic heterocycles. The number of carbonyl (C=O) groups is 1. The van der Waals surface area contributed by atoms with Crippen LogP contribution in [-0.4, -0.2) is 42.1 Å². The first-order chi connectivity index (χ1) is 6.29. The summed E-state index contributed by atoms with van der Waals surface area (Å²) in [4.78, 5) is 13.3. The molecule has 0 unspecified atom stereocenters. The highest BCUT2D eigenvalue weighted by Crippen LogP contribution is 2.07. The summed E-state index contributed by atoms with van der Waals surface area (Å²) in [6.07, 6.45) is 1.40. The van der Waals surface area contributed by atoms with Gasteiger partial charge in [-0.05, 0) is 0 Å². The van der Waals surface area contributed by atoms with Crippen molar-refractivity contribution in [2.45, 2.75) is 6.04 Å². The molecule has 2 heterocycles. The fourth-order valence-electron chi connectivity index (χ4n) is 1.22. The molecule has 1 N–H and O–H groups in total. The molecule has 1 saturated heterocycles. The van der Waals surface area contributed by atoms with Crippen LogP contribution in [0.1, 0.15) is 10.5 Å². The molecule has 5 nitrogen and oxygen atoms in total. The van der Waals surface area contributed by atoms with Crippen molar-refractivity contribution in [3.8, 4) is 0 Å². The molecule has 0 radical (unpaired) electrons. The summed E-state index contributed by atoms with van der Waals surface area (Å²) in [5.41, 5.74) is 0.370. The van der Waals surface area contributed by atoms with Gasteiger partial charge in [0, 0.05) is 26.2 Å². The van der Waals surface area contributed by atoms with E-state index in [1.165, 1.54) is 6.26 Å². The van der Waals surface area contributed by atoms with Gasteiger partial charge in [-0.25, -0.2) is 0 Å². The molecule has 0 spiro atoms. The van der Waals surface area contributed by atoms with Crippen molar-refractivity contribution < 1.29 is 9.32 Å². The molecule has 0 aliphatic carbocycles. The number of carbonyl (C=O) groups excluding carboxylic acids is 1. The van der Waals surface area contributed by atoms with Crippen LogP contribution in [0.2, 0.25) is 0 Å². The molecule has 2 rings (SSSR count). The summed E-state index contributed by atoms with van der Waals surface area (Å²) in [7, 11) is 1.78. The molecule has 1 amide bonds. The first kappa shape index (κ1) is 8.25. The van der Waals surface area contributed by atoms with Crippen LogP contribution in [0.5, 0.6) is 0 Å². The van der Waals surface area contributed by atoms with Crippen LogP contribution in [0.4, 0.5) is 0 Å².